The largest absolute Gasteiger partial charge is 0.253 e. The highest BCUT2D eigenvalue weighted by Crippen LogP contribution is 2.27. The normalized spacial score (nSPS) is 11.8. The van der Waals surface area contributed by atoms with Crippen LogP contribution in [-0.2, 0) is 0 Å². The smallest absolute Gasteiger partial charge is 0.0712 e. The van der Waals surface area contributed by atoms with E-state index in [1.54, 1.807) is 0 Å². The van der Waals surface area contributed by atoms with Crippen molar-refractivity contribution in [1.82, 2.24) is 9.97 Å². The summed E-state index contributed by atoms with van der Waals surface area (Å²) in [7, 11) is 0. The standard InChI is InChI=1S/C24H24N2/c1-15(2)18-8-11-22-19(13-18)9-12-23(26-22)20-6-5-17-7-10-21(16(3)4)25-24(17)14-20/h5-16H,1-4H3. The van der Waals surface area contributed by atoms with E-state index in [1.807, 2.05) is 0 Å². The number of benzene rings is 2. The molecule has 2 aromatic carbocycles. The Balaban J connectivity index is 1.79. The van der Waals surface area contributed by atoms with Gasteiger partial charge in [0.15, 0.2) is 0 Å². The van der Waals surface area contributed by atoms with Gasteiger partial charge in [0.2, 0.25) is 0 Å². The SMILES string of the molecule is CC(C)c1ccc2nc(-c3ccc4ccc(C(C)C)nc4c3)ccc2c1. The van der Waals surface area contributed by atoms with Crippen LogP contribution in [0.4, 0.5) is 0 Å². The number of fused-ring (bicyclic) bond motifs is 2. The van der Waals surface area contributed by atoms with Crippen LogP contribution >= 0.6 is 0 Å². The van der Waals surface area contributed by atoms with Crippen LogP contribution in [0.25, 0.3) is 33.1 Å². The van der Waals surface area contributed by atoms with Crippen LogP contribution < -0.4 is 0 Å². The molecular formula is C24H24N2. The number of pyridine rings is 2. The second-order valence-electron chi connectivity index (χ2n) is 7.60. The zero-order chi connectivity index (χ0) is 18.3. The second-order valence-corrected chi connectivity index (χ2v) is 7.60. The van der Waals surface area contributed by atoms with E-state index in [4.69, 9.17) is 9.97 Å². The molecule has 0 aliphatic carbocycles. The van der Waals surface area contributed by atoms with Crippen LogP contribution in [0.3, 0.4) is 0 Å². The fraction of sp³-hybridized carbons (Fsp3) is 0.250. The molecule has 0 N–H and O–H groups in total. The van der Waals surface area contributed by atoms with Crippen molar-refractivity contribution in [2.45, 2.75) is 39.5 Å². The number of hydrogen-bond acceptors (Lipinski definition) is 2. The molecule has 0 amide bonds. The third-order valence-corrected chi connectivity index (χ3v) is 4.98. The van der Waals surface area contributed by atoms with Gasteiger partial charge < -0.3 is 0 Å². The van der Waals surface area contributed by atoms with Gasteiger partial charge >= 0.3 is 0 Å². The van der Waals surface area contributed by atoms with Gasteiger partial charge in [0.05, 0.1) is 16.7 Å². The van der Waals surface area contributed by atoms with Crippen molar-refractivity contribution in [3.63, 3.8) is 0 Å². The summed E-state index contributed by atoms with van der Waals surface area (Å²) in [5.41, 5.74) is 6.65. The quantitative estimate of drug-likeness (QED) is 0.415. The molecule has 2 aromatic heterocycles. The molecule has 0 aliphatic heterocycles. The maximum Gasteiger partial charge on any atom is 0.0712 e. The van der Waals surface area contributed by atoms with E-state index in [1.165, 1.54) is 16.3 Å². The maximum absolute atomic E-state index is 4.88. The van der Waals surface area contributed by atoms with Crippen LogP contribution in [0.1, 0.15) is 50.8 Å². The minimum Gasteiger partial charge on any atom is -0.253 e. The first-order chi connectivity index (χ1) is 12.5. The third kappa shape index (κ3) is 3.08. The molecule has 130 valence electrons. The van der Waals surface area contributed by atoms with E-state index >= 15 is 0 Å². The highest BCUT2D eigenvalue weighted by Gasteiger charge is 2.07. The Morgan fingerprint density at radius 2 is 1.38 bits per heavy atom. The van der Waals surface area contributed by atoms with Crippen molar-refractivity contribution in [3.8, 4) is 11.3 Å². The van der Waals surface area contributed by atoms with E-state index < -0.39 is 0 Å². The lowest BCUT2D eigenvalue weighted by atomic mass is 10.0. The van der Waals surface area contributed by atoms with Crippen molar-refractivity contribution >= 4 is 21.8 Å². The minimum absolute atomic E-state index is 0.428. The Hall–Kier alpha value is -2.74. The van der Waals surface area contributed by atoms with E-state index in [9.17, 15) is 0 Å². The lowest BCUT2D eigenvalue weighted by Gasteiger charge is -2.09. The summed E-state index contributed by atoms with van der Waals surface area (Å²) >= 11 is 0. The van der Waals surface area contributed by atoms with Gasteiger partial charge in [-0.15, -0.1) is 0 Å². The first-order valence-electron chi connectivity index (χ1n) is 9.33. The molecule has 0 saturated carbocycles. The van der Waals surface area contributed by atoms with Gasteiger partial charge in [0.25, 0.3) is 0 Å². The Morgan fingerprint density at radius 3 is 2.15 bits per heavy atom. The van der Waals surface area contributed by atoms with Gasteiger partial charge in [0.1, 0.15) is 0 Å². The Labute approximate surface area is 154 Å². The van der Waals surface area contributed by atoms with Crippen LogP contribution in [0, 0.1) is 0 Å². The van der Waals surface area contributed by atoms with Crippen molar-refractivity contribution in [3.05, 3.63) is 71.9 Å². The predicted molar refractivity (Wildman–Crippen MR) is 111 cm³/mol. The average molecular weight is 340 g/mol. The molecule has 0 aliphatic rings. The predicted octanol–water partition coefficient (Wildman–Crippen LogP) is 6.70. The van der Waals surface area contributed by atoms with E-state index in [0.717, 1.165) is 28.0 Å². The average Bonchev–Trinajstić information content (AvgIpc) is 2.66. The topological polar surface area (TPSA) is 25.8 Å². The molecule has 2 heterocycles. The molecule has 26 heavy (non-hydrogen) atoms. The minimum atomic E-state index is 0.428. The van der Waals surface area contributed by atoms with Gasteiger partial charge in [-0.25, -0.2) is 4.98 Å². The molecule has 0 fully saturated rings. The summed E-state index contributed by atoms with van der Waals surface area (Å²) in [4.78, 5) is 9.71. The second kappa shape index (κ2) is 6.53. The molecule has 0 atom stereocenters. The fourth-order valence-electron chi connectivity index (χ4n) is 3.28. The Bertz CT molecular complexity index is 1090. The van der Waals surface area contributed by atoms with E-state index in [0.29, 0.717) is 11.8 Å². The van der Waals surface area contributed by atoms with Crippen molar-refractivity contribution in [1.29, 1.82) is 0 Å². The molecule has 4 rings (SSSR count). The van der Waals surface area contributed by atoms with Crippen LogP contribution in [0.15, 0.2) is 60.7 Å². The van der Waals surface area contributed by atoms with Crippen LogP contribution in [-0.4, -0.2) is 9.97 Å². The molecule has 0 spiro atoms. The summed E-state index contributed by atoms with van der Waals surface area (Å²) in [6.45, 7) is 8.79. The summed E-state index contributed by atoms with van der Waals surface area (Å²) in [5.74, 6) is 0.956. The van der Waals surface area contributed by atoms with Gasteiger partial charge in [0, 0.05) is 22.0 Å². The first kappa shape index (κ1) is 16.7. The lowest BCUT2D eigenvalue weighted by molar-refractivity contribution is 0.830. The van der Waals surface area contributed by atoms with Crippen molar-refractivity contribution in [2.24, 2.45) is 0 Å². The fourth-order valence-corrected chi connectivity index (χ4v) is 3.28. The number of rotatable bonds is 3. The van der Waals surface area contributed by atoms with Gasteiger partial charge in [-0.05, 0) is 47.7 Å². The van der Waals surface area contributed by atoms with Crippen molar-refractivity contribution in [2.75, 3.05) is 0 Å². The van der Waals surface area contributed by atoms with Crippen molar-refractivity contribution < 1.29 is 0 Å². The monoisotopic (exact) mass is 340 g/mol. The Kier molecular flexibility index (Phi) is 4.20. The third-order valence-electron chi connectivity index (χ3n) is 4.98. The molecule has 0 bridgehead atoms. The van der Waals surface area contributed by atoms with Gasteiger partial charge in [-0.2, -0.15) is 0 Å². The summed E-state index contributed by atoms with van der Waals surface area (Å²) in [5, 5.41) is 2.36. The number of nitrogens with zero attached hydrogens (tertiary/aromatic N) is 2. The molecule has 4 aromatic rings. The zero-order valence-corrected chi connectivity index (χ0v) is 15.8. The highest BCUT2D eigenvalue weighted by molar-refractivity contribution is 5.86. The molecule has 0 unspecified atom stereocenters. The number of hydrogen-bond donors (Lipinski definition) is 0. The van der Waals surface area contributed by atoms with Crippen LogP contribution in [0.5, 0.6) is 0 Å². The van der Waals surface area contributed by atoms with Gasteiger partial charge in [-0.1, -0.05) is 58.0 Å². The summed E-state index contributed by atoms with van der Waals surface area (Å²) < 4.78 is 0. The first-order valence-corrected chi connectivity index (χ1v) is 9.33. The highest BCUT2D eigenvalue weighted by atomic mass is 14.7. The summed E-state index contributed by atoms with van der Waals surface area (Å²) in [6.07, 6.45) is 0. The molecule has 0 radical (unpaired) electrons. The molecule has 0 saturated heterocycles. The van der Waals surface area contributed by atoms with Crippen LogP contribution in [0.2, 0.25) is 0 Å². The zero-order valence-electron chi connectivity index (χ0n) is 15.8. The molecule has 2 nitrogen and oxygen atoms in total. The molecule has 2 heteroatoms. The van der Waals surface area contributed by atoms with E-state index in [2.05, 4.69) is 88.4 Å². The number of aromatic nitrogens is 2. The van der Waals surface area contributed by atoms with E-state index in [-0.39, 0.29) is 0 Å². The summed E-state index contributed by atoms with van der Waals surface area (Å²) in [6, 6.07) is 21.5. The lowest BCUT2D eigenvalue weighted by Crippen LogP contribution is -1.93. The maximum atomic E-state index is 4.88. The Morgan fingerprint density at radius 1 is 0.615 bits per heavy atom. The molecular weight excluding hydrogens is 316 g/mol. The van der Waals surface area contributed by atoms with Gasteiger partial charge in [-0.3, -0.25) is 4.98 Å².